The van der Waals surface area contributed by atoms with Crippen LogP contribution in [0.15, 0.2) is 18.2 Å². The molecule has 134 valence electrons. The predicted molar refractivity (Wildman–Crippen MR) is 87.4 cm³/mol. The number of carbonyl (C=O) groups excluding carboxylic acids is 1. The lowest BCUT2D eigenvalue weighted by atomic mass is 9.94. The third-order valence-corrected chi connectivity index (χ3v) is 4.34. The van der Waals surface area contributed by atoms with Gasteiger partial charge in [0.15, 0.2) is 0 Å². The van der Waals surface area contributed by atoms with Crippen molar-refractivity contribution in [3.63, 3.8) is 0 Å². The van der Waals surface area contributed by atoms with Gasteiger partial charge in [0.25, 0.3) is 0 Å². The van der Waals surface area contributed by atoms with Crippen molar-refractivity contribution in [1.29, 1.82) is 0 Å². The zero-order valence-electron chi connectivity index (χ0n) is 13.9. The Labute approximate surface area is 140 Å². The summed E-state index contributed by atoms with van der Waals surface area (Å²) in [6.45, 7) is 1.79. The Balaban J connectivity index is 2.31. The second-order valence-corrected chi connectivity index (χ2v) is 5.98. The molecule has 0 saturated heterocycles. The Kier molecular flexibility index (Phi) is 5.96. The minimum Gasteiger partial charge on any atom is -0.450 e. The summed E-state index contributed by atoms with van der Waals surface area (Å²) in [6.07, 6.45) is 0.174. The molecule has 1 aromatic carbocycles. The molecule has 1 N–H and O–H groups in total. The van der Waals surface area contributed by atoms with Gasteiger partial charge in [-0.2, -0.15) is 13.2 Å². The highest BCUT2D eigenvalue weighted by atomic mass is 19.4. The highest BCUT2D eigenvalue weighted by molar-refractivity contribution is 5.90. The van der Waals surface area contributed by atoms with Crippen LogP contribution in [0.5, 0.6) is 0 Å². The topological polar surface area (TPSA) is 41.6 Å². The Morgan fingerprint density at radius 3 is 2.54 bits per heavy atom. The number of amides is 1. The van der Waals surface area contributed by atoms with E-state index in [4.69, 9.17) is 4.74 Å². The van der Waals surface area contributed by atoms with Crippen molar-refractivity contribution in [3.05, 3.63) is 23.8 Å². The third kappa shape index (κ3) is 4.55. The maximum atomic E-state index is 13.0. The van der Waals surface area contributed by atoms with E-state index in [1.807, 2.05) is 11.9 Å². The number of halogens is 3. The maximum Gasteiger partial charge on any atom is 0.416 e. The molecule has 0 heterocycles. The molecule has 1 saturated carbocycles. The fourth-order valence-electron chi connectivity index (χ4n) is 3.06. The fourth-order valence-corrected chi connectivity index (χ4v) is 3.06. The first kappa shape index (κ1) is 18.4. The summed E-state index contributed by atoms with van der Waals surface area (Å²) in [5, 5.41) is 2.44. The van der Waals surface area contributed by atoms with Gasteiger partial charge in [-0.15, -0.1) is 0 Å². The number of hydrogen-bond donors (Lipinski definition) is 1. The molecule has 0 aliphatic heterocycles. The van der Waals surface area contributed by atoms with Gasteiger partial charge in [-0.05, 0) is 38.0 Å². The number of nitrogens with zero attached hydrogens (tertiary/aromatic N) is 1. The lowest BCUT2D eigenvalue weighted by molar-refractivity contribution is -0.137. The molecule has 24 heavy (non-hydrogen) atoms. The van der Waals surface area contributed by atoms with Crippen molar-refractivity contribution in [3.8, 4) is 0 Å². The number of ether oxygens (including phenoxy) is 1. The van der Waals surface area contributed by atoms with Gasteiger partial charge in [-0.25, -0.2) is 4.79 Å². The van der Waals surface area contributed by atoms with Crippen LogP contribution in [0.4, 0.5) is 29.3 Å². The first-order chi connectivity index (χ1) is 11.3. The zero-order chi connectivity index (χ0) is 17.7. The van der Waals surface area contributed by atoms with Crippen molar-refractivity contribution in [1.82, 2.24) is 0 Å². The second kappa shape index (κ2) is 7.77. The minimum absolute atomic E-state index is 0.122. The molecule has 0 spiro atoms. The third-order valence-electron chi connectivity index (χ3n) is 4.34. The smallest absolute Gasteiger partial charge is 0.416 e. The maximum absolute atomic E-state index is 13.0. The molecule has 1 aliphatic carbocycles. The van der Waals surface area contributed by atoms with Crippen LogP contribution in [-0.4, -0.2) is 25.8 Å². The number of carbonyl (C=O) groups is 1. The average Bonchev–Trinajstić information content (AvgIpc) is 2.54. The van der Waals surface area contributed by atoms with Crippen LogP contribution in [0.2, 0.25) is 0 Å². The van der Waals surface area contributed by atoms with Gasteiger partial charge in [0, 0.05) is 13.1 Å². The van der Waals surface area contributed by atoms with Crippen molar-refractivity contribution in [2.24, 2.45) is 0 Å². The Bertz CT molecular complexity index is 569. The normalized spacial score (nSPS) is 15.9. The summed E-state index contributed by atoms with van der Waals surface area (Å²) in [7, 11) is 1.86. The van der Waals surface area contributed by atoms with E-state index in [1.165, 1.54) is 12.5 Å². The lowest BCUT2D eigenvalue weighted by Gasteiger charge is -2.34. The van der Waals surface area contributed by atoms with Crippen LogP contribution in [0.3, 0.4) is 0 Å². The van der Waals surface area contributed by atoms with E-state index < -0.39 is 17.8 Å². The lowest BCUT2D eigenvalue weighted by Crippen LogP contribution is -2.34. The van der Waals surface area contributed by atoms with Gasteiger partial charge in [0.05, 0.1) is 23.5 Å². The molecule has 0 radical (unpaired) electrons. The van der Waals surface area contributed by atoms with Crippen LogP contribution in [0.25, 0.3) is 0 Å². The Morgan fingerprint density at radius 2 is 1.96 bits per heavy atom. The summed E-state index contributed by atoms with van der Waals surface area (Å²) in [6, 6.07) is 3.69. The van der Waals surface area contributed by atoms with Crippen LogP contribution < -0.4 is 10.2 Å². The van der Waals surface area contributed by atoms with Crippen molar-refractivity contribution in [2.75, 3.05) is 23.9 Å². The van der Waals surface area contributed by atoms with Gasteiger partial charge in [0.1, 0.15) is 0 Å². The molecule has 4 nitrogen and oxygen atoms in total. The van der Waals surface area contributed by atoms with E-state index in [2.05, 4.69) is 5.32 Å². The first-order valence-electron chi connectivity index (χ1n) is 8.20. The molecular formula is C17H23F3N2O2. The van der Waals surface area contributed by atoms with Crippen molar-refractivity contribution in [2.45, 2.75) is 51.2 Å². The molecule has 0 aromatic heterocycles. The minimum atomic E-state index is -4.47. The predicted octanol–water partition coefficient (Wildman–Crippen LogP) is 5.04. The summed E-state index contributed by atoms with van der Waals surface area (Å²) < 4.78 is 43.8. The zero-order valence-corrected chi connectivity index (χ0v) is 13.9. The number of nitrogens with one attached hydrogen (secondary N) is 1. The van der Waals surface area contributed by atoms with E-state index >= 15 is 0 Å². The highest BCUT2D eigenvalue weighted by Crippen LogP contribution is 2.37. The van der Waals surface area contributed by atoms with Gasteiger partial charge in [-0.3, -0.25) is 5.32 Å². The molecule has 7 heteroatoms. The molecule has 1 aromatic rings. The molecule has 0 unspecified atom stereocenters. The van der Waals surface area contributed by atoms with E-state index in [-0.39, 0.29) is 18.3 Å². The van der Waals surface area contributed by atoms with E-state index in [1.54, 1.807) is 6.92 Å². The standard InChI is InChI=1S/C17H23F3N2O2/c1-3-24-16(23)21-14-11-12(17(18,19)20)9-10-15(14)22(2)13-7-5-4-6-8-13/h9-11,13H,3-8H2,1-2H3,(H,21,23). The van der Waals surface area contributed by atoms with Crippen LogP contribution in [0.1, 0.15) is 44.6 Å². The Morgan fingerprint density at radius 1 is 1.29 bits per heavy atom. The molecule has 0 bridgehead atoms. The van der Waals surface area contributed by atoms with Gasteiger partial charge < -0.3 is 9.64 Å². The monoisotopic (exact) mass is 344 g/mol. The molecule has 2 rings (SSSR count). The number of benzene rings is 1. The summed E-state index contributed by atoms with van der Waals surface area (Å²) in [4.78, 5) is 13.7. The van der Waals surface area contributed by atoms with Gasteiger partial charge in [0.2, 0.25) is 0 Å². The second-order valence-electron chi connectivity index (χ2n) is 5.98. The van der Waals surface area contributed by atoms with Crippen molar-refractivity contribution < 1.29 is 22.7 Å². The van der Waals surface area contributed by atoms with Crippen LogP contribution >= 0.6 is 0 Å². The van der Waals surface area contributed by atoms with E-state index in [0.29, 0.717) is 5.69 Å². The van der Waals surface area contributed by atoms with Crippen molar-refractivity contribution >= 4 is 17.5 Å². The van der Waals surface area contributed by atoms with Gasteiger partial charge >= 0.3 is 12.3 Å². The average molecular weight is 344 g/mol. The summed E-state index contributed by atoms with van der Waals surface area (Å²) in [5.41, 5.74) is -0.102. The molecule has 0 atom stereocenters. The highest BCUT2D eigenvalue weighted by Gasteiger charge is 2.32. The van der Waals surface area contributed by atoms with Gasteiger partial charge in [-0.1, -0.05) is 19.3 Å². The number of anilines is 2. The summed E-state index contributed by atoms with van der Waals surface area (Å²) in [5.74, 6) is 0. The number of hydrogen-bond acceptors (Lipinski definition) is 3. The van der Waals surface area contributed by atoms with Crippen LogP contribution in [0, 0.1) is 0 Å². The Hall–Kier alpha value is -1.92. The summed E-state index contributed by atoms with van der Waals surface area (Å²) >= 11 is 0. The molecule has 1 aliphatic rings. The largest absolute Gasteiger partial charge is 0.450 e. The van der Waals surface area contributed by atoms with E-state index in [0.717, 1.165) is 37.8 Å². The van der Waals surface area contributed by atoms with E-state index in [9.17, 15) is 18.0 Å². The molecule has 1 amide bonds. The fraction of sp³-hybridized carbons (Fsp3) is 0.588. The number of rotatable bonds is 4. The quantitative estimate of drug-likeness (QED) is 0.832. The molecular weight excluding hydrogens is 321 g/mol. The van der Waals surface area contributed by atoms with Crippen LogP contribution in [-0.2, 0) is 10.9 Å². The SMILES string of the molecule is CCOC(=O)Nc1cc(C(F)(F)F)ccc1N(C)C1CCCCC1. The number of alkyl halides is 3. The first-order valence-corrected chi connectivity index (χ1v) is 8.20. The molecule has 1 fully saturated rings.